The average Bonchev–Trinajstić information content (AvgIpc) is 2.21. The fourth-order valence-electron chi connectivity index (χ4n) is 0.821. The zero-order chi connectivity index (χ0) is 13.2. The minimum atomic E-state index is -4.22. The van der Waals surface area contributed by atoms with E-state index in [9.17, 15) is 13.2 Å². The molecule has 0 saturated heterocycles. The number of aryl methyl sites for hydroxylation is 1. The maximum atomic E-state index is 12.0. The van der Waals surface area contributed by atoms with Crippen LogP contribution in [0.25, 0.3) is 0 Å². The van der Waals surface area contributed by atoms with Gasteiger partial charge in [0.05, 0.1) is 5.56 Å². The topological polar surface area (TPSA) is 0 Å². The summed E-state index contributed by atoms with van der Waals surface area (Å²) < 4.78 is 35.9. The second-order valence-corrected chi connectivity index (χ2v) is 3.07. The van der Waals surface area contributed by atoms with Gasteiger partial charge in [0.15, 0.2) is 0 Å². The Kier molecular flexibility index (Phi) is 10.1. The molecule has 0 unspecified atom stereocenters. The van der Waals surface area contributed by atoms with Crippen LogP contribution in [0.5, 0.6) is 0 Å². The molecular weight excluding hydrogens is 213 g/mol. The van der Waals surface area contributed by atoms with Gasteiger partial charge in [-0.3, -0.25) is 0 Å². The maximum absolute atomic E-state index is 12.0. The fourth-order valence-corrected chi connectivity index (χ4v) is 0.821. The van der Waals surface area contributed by atoms with Crippen LogP contribution in [0.2, 0.25) is 0 Å². The molecule has 0 bridgehead atoms. The van der Waals surface area contributed by atoms with Gasteiger partial charge < -0.3 is 0 Å². The lowest BCUT2D eigenvalue weighted by Gasteiger charge is -2.05. The molecule has 16 heavy (non-hydrogen) atoms. The molecule has 0 aromatic heterocycles. The van der Waals surface area contributed by atoms with Crippen molar-refractivity contribution in [3.8, 4) is 0 Å². The minimum Gasteiger partial charge on any atom is -0.166 e. The Morgan fingerprint density at radius 2 is 1.50 bits per heavy atom. The Hall–Kier alpha value is -0.990. The first kappa shape index (κ1) is 17.4. The SMILES string of the molecule is CC.CCC.Cc1cccc(C(F)(F)F)c1. The number of halogens is 3. The summed E-state index contributed by atoms with van der Waals surface area (Å²) in [5.41, 5.74) is 0.0392. The Labute approximate surface area is 96.5 Å². The number of hydrogen-bond acceptors (Lipinski definition) is 0. The monoisotopic (exact) mass is 234 g/mol. The maximum Gasteiger partial charge on any atom is 0.416 e. The molecule has 3 heteroatoms. The van der Waals surface area contributed by atoms with Gasteiger partial charge in [-0.25, -0.2) is 0 Å². The van der Waals surface area contributed by atoms with E-state index in [2.05, 4.69) is 13.8 Å². The molecule has 94 valence electrons. The number of alkyl halides is 3. The molecule has 0 aliphatic heterocycles. The van der Waals surface area contributed by atoms with Crippen LogP contribution in [0.15, 0.2) is 24.3 Å². The Bertz CT molecular complexity index is 264. The summed E-state index contributed by atoms with van der Waals surface area (Å²) in [5, 5.41) is 0. The summed E-state index contributed by atoms with van der Waals surface area (Å²) in [7, 11) is 0. The minimum absolute atomic E-state index is 0.586. The van der Waals surface area contributed by atoms with Gasteiger partial charge in [0, 0.05) is 0 Å². The standard InChI is InChI=1S/C8H7F3.C3H8.C2H6/c1-6-3-2-4-7(5-6)8(9,10)11;1-3-2;1-2/h2-5H,1H3;3H2,1-2H3;1-2H3. The van der Waals surface area contributed by atoms with E-state index in [1.54, 1.807) is 13.0 Å². The summed E-state index contributed by atoms with van der Waals surface area (Å²) in [4.78, 5) is 0. The van der Waals surface area contributed by atoms with E-state index in [1.807, 2.05) is 13.8 Å². The zero-order valence-corrected chi connectivity index (χ0v) is 10.7. The van der Waals surface area contributed by atoms with Crippen molar-refractivity contribution in [3.05, 3.63) is 35.4 Å². The molecule has 1 aromatic carbocycles. The molecule has 0 aliphatic rings. The summed E-state index contributed by atoms with van der Waals surface area (Å²) in [6.07, 6.45) is -2.97. The second kappa shape index (κ2) is 9.25. The molecule has 0 amide bonds. The Morgan fingerprint density at radius 1 is 1.06 bits per heavy atom. The van der Waals surface area contributed by atoms with E-state index in [-0.39, 0.29) is 0 Å². The zero-order valence-electron chi connectivity index (χ0n) is 10.7. The van der Waals surface area contributed by atoms with Crippen molar-refractivity contribution in [2.75, 3.05) is 0 Å². The molecule has 0 saturated carbocycles. The molecule has 0 fully saturated rings. The van der Waals surface area contributed by atoms with E-state index >= 15 is 0 Å². The van der Waals surface area contributed by atoms with Gasteiger partial charge in [0.2, 0.25) is 0 Å². The first-order valence-electron chi connectivity index (χ1n) is 5.55. The van der Waals surface area contributed by atoms with Crippen LogP contribution in [0, 0.1) is 6.92 Å². The van der Waals surface area contributed by atoms with Crippen LogP contribution in [0.3, 0.4) is 0 Å². The van der Waals surface area contributed by atoms with Gasteiger partial charge in [-0.2, -0.15) is 13.2 Å². The second-order valence-electron chi connectivity index (χ2n) is 3.07. The number of hydrogen-bond donors (Lipinski definition) is 0. The fraction of sp³-hybridized carbons (Fsp3) is 0.538. The first-order valence-corrected chi connectivity index (χ1v) is 5.55. The summed E-state index contributed by atoms with van der Waals surface area (Å²) >= 11 is 0. The van der Waals surface area contributed by atoms with Crippen molar-refractivity contribution in [2.45, 2.75) is 47.2 Å². The molecule has 0 atom stereocenters. The van der Waals surface area contributed by atoms with Crippen LogP contribution in [-0.2, 0) is 6.18 Å². The van der Waals surface area contributed by atoms with Crippen LogP contribution in [0.4, 0.5) is 13.2 Å². The van der Waals surface area contributed by atoms with Crippen molar-refractivity contribution in [1.82, 2.24) is 0 Å². The number of rotatable bonds is 0. The summed E-state index contributed by atoms with van der Waals surface area (Å²) in [6, 6.07) is 5.22. The first-order chi connectivity index (χ1) is 7.41. The lowest BCUT2D eigenvalue weighted by molar-refractivity contribution is -0.137. The Morgan fingerprint density at radius 3 is 1.75 bits per heavy atom. The highest BCUT2D eigenvalue weighted by atomic mass is 19.4. The van der Waals surface area contributed by atoms with Crippen LogP contribution >= 0.6 is 0 Å². The number of benzene rings is 1. The third kappa shape index (κ3) is 8.33. The molecule has 0 nitrogen and oxygen atoms in total. The Balaban J connectivity index is 0. The van der Waals surface area contributed by atoms with Crippen LogP contribution < -0.4 is 0 Å². The molecule has 1 rings (SSSR count). The van der Waals surface area contributed by atoms with E-state index in [4.69, 9.17) is 0 Å². The highest BCUT2D eigenvalue weighted by molar-refractivity contribution is 5.24. The van der Waals surface area contributed by atoms with Gasteiger partial charge in [0.25, 0.3) is 0 Å². The van der Waals surface area contributed by atoms with Crippen LogP contribution in [0.1, 0.15) is 45.2 Å². The molecule has 0 heterocycles. The molecular formula is C13H21F3. The predicted octanol–water partition coefficient (Wildman–Crippen LogP) is 5.46. The highest BCUT2D eigenvalue weighted by Crippen LogP contribution is 2.29. The van der Waals surface area contributed by atoms with Crippen molar-refractivity contribution < 1.29 is 13.2 Å². The summed E-state index contributed by atoms with van der Waals surface area (Å²) in [6.45, 7) is 9.88. The molecule has 0 spiro atoms. The lowest BCUT2D eigenvalue weighted by Crippen LogP contribution is -2.04. The van der Waals surface area contributed by atoms with E-state index in [0.29, 0.717) is 5.56 Å². The van der Waals surface area contributed by atoms with Gasteiger partial charge in [-0.1, -0.05) is 57.9 Å². The van der Waals surface area contributed by atoms with E-state index in [0.717, 1.165) is 12.1 Å². The van der Waals surface area contributed by atoms with Crippen molar-refractivity contribution in [1.29, 1.82) is 0 Å². The van der Waals surface area contributed by atoms with E-state index < -0.39 is 11.7 Å². The molecule has 0 radical (unpaired) electrons. The third-order valence-electron chi connectivity index (χ3n) is 1.35. The van der Waals surface area contributed by atoms with Crippen LogP contribution in [-0.4, -0.2) is 0 Å². The van der Waals surface area contributed by atoms with Gasteiger partial charge in [-0.05, 0) is 13.0 Å². The quantitative estimate of drug-likeness (QED) is 0.559. The predicted molar refractivity (Wildman–Crippen MR) is 63.5 cm³/mol. The highest BCUT2D eigenvalue weighted by Gasteiger charge is 2.29. The van der Waals surface area contributed by atoms with Gasteiger partial charge in [0.1, 0.15) is 0 Å². The largest absolute Gasteiger partial charge is 0.416 e. The van der Waals surface area contributed by atoms with Gasteiger partial charge >= 0.3 is 6.18 Å². The smallest absolute Gasteiger partial charge is 0.166 e. The lowest BCUT2D eigenvalue weighted by atomic mass is 10.1. The molecule has 0 N–H and O–H groups in total. The van der Waals surface area contributed by atoms with Crippen molar-refractivity contribution in [3.63, 3.8) is 0 Å². The third-order valence-corrected chi connectivity index (χ3v) is 1.35. The van der Waals surface area contributed by atoms with Crippen molar-refractivity contribution >= 4 is 0 Å². The molecule has 0 aliphatic carbocycles. The van der Waals surface area contributed by atoms with Crippen molar-refractivity contribution in [2.24, 2.45) is 0 Å². The molecule has 1 aromatic rings. The average molecular weight is 234 g/mol. The summed E-state index contributed by atoms with van der Waals surface area (Å²) in [5.74, 6) is 0. The van der Waals surface area contributed by atoms with Gasteiger partial charge in [-0.15, -0.1) is 0 Å². The van der Waals surface area contributed by atoms with E-state index in [1.165, 1.54) is 12.5 Å². The normalized spacial score (nSPS) is 9.50.